The molecule has 0 spiro atoms. The molecule has 0 saturated carbocycles. The average molecular weight is 485 g/mol. The number of hydrogen-bond donors (Lipinski definition) is 2. The zero-order chi connectivity index (χ0) is 23.9. The minimum Gasteiger partial charge on any atom is -0.467 e. The highest BCUT2D eigenvalue weighted by Gasteiger charge is 2.35. The number of pyridine rings is 1. The second-order valence-corrected chi connectivity index (χ2v) is 8.08. The van der Waals surface area contributed by atoms with E-state index in [4.69, 9.17) is 13.9 Å². The molecule has 0 radical (unpaired) electrons. The number of hydrogen-bond acceptors (Lipinski definition) is 9. The van der Waals surface area contributed by atoms with Gasteiger partial charge in [-0.05, 0) is 31.2 Å². The van der Waals surface area contributed by atoms with Gasteiger partial charge < -0.3 is 24.5 Å². The summed E-state index contributed by atoms with van der Waals surface area (Å²) in [7, 11) is 1.62. The van der Waals surface area contributed by atoms with E-state index in [9.17, 15) is 9.59 Å². The topological polar surface area (TPSA) is 133 Å². The van der Waals surface area contributed by atoms with Crippen LogP contribution in [0.4, 0.5) is 4.79 Å². The Balaban J connectivity index is 1.66. The first-order chi connectivity index (χ1) is 16.6. The molecule has 34 heavy (non-hydrogen) atoms. The quantitative estimate of drug-likeness (QED) is 0.329. The van der Waals surface area contributed by atoms with Gasteiger partial charge in [0, 0.05) is 36.5 Å². The van der Waals surface area contributed by atoms with Gasteiger partial charge >= 0.3 is 12.0 Å². The van der Waals surface area contributed by atoms with Crippen LogP contribution in [0.2, 0.25) is 0 Å². The molecule has 0 saturated heterocycles. The van der Waals surface area contributed by atoms with Gasteiger partial charge in [0.05, 0.1) is 31.6 Å². The fourth-order valence-corrected chi connectivity index (χ4v) is 4.41. The van der Waals surface area contributed by atoms with Crippen LogP contribution in [0.5, 0.6) is 0 Å². The molecule has 2 amide bonds. The fourth-order valence-electron chi connectivity index (χ4n) is 3.48. The molecule has 4 rings (SSSR count). The maximum atomic E-state index is 12.9. The maximum absolute atomic E-state index is 12.9. The van der Waals surface area contributed by atoms with Crippen LogP contribution in [0.3, 0.4) is 0 Å². The normalized spacial score (nSPS) is 15.7. The standard InChI is InChI=1S/C22H24N6O5S/c1-3-32-20(29)17-15(24-21(30)25-18(17)16-5-4-11-33-16)13-34-22-27-26-19(28(22)10-12-31-2)14-6-8-23-9-7-14/h4-9,11,18H,3,10,12-13H2,1-2H3,(H2,24,25,30). The van der Waals surface area contributed by atoms with E-state index in [-0.39, 0.29) is 17.9 Å². The summed E-state index contributed by atoms with van der Waals surface area (Å²) in [6.45, 7) is 2.91. The van der Waals surface area contributed by atoms with E-state index in [1.807, 2.05) is 16.7 Å². The van der Waals surface area contributed by atoms with Crippen molar-refractivity contribution in [3.05, 3.63) is 60.0 Å². The monoisotopic (exact) mass is 484 g/mol. The summed E-state index contributed by atoms with van der Waals surface area (Å²) in [5, 5.41) is 14.8. The molecular weight excluding hydrogens is 460 g/mol. The van der Waals surface area contributed by atoms with Crippen molar-refractivity contribution in [2.45, 2.75) is 24.7 Å². The highest BCUT2D eigenvalue weighted by Crippen LogP contribution is 2.31. The Bertz CT molecular complexity index is 1160. The number of nitrogens with one attached hydrogen (secondary N) is 2. The molecule has 1 atom stereocenters. The molecule has 1 aliphatic rings. The summed E-state index contributed by atoms with van der Waals surface area (Å²) in [4.78, 5) is 29.3. The summed E-state index contributed by atoms with van der Waals surface area (Å²) in [5.74, 6) is 0.818. The number of ether oxygens (including phenoxy) is 2. The smallest absolute Gasteiger partial charge is 0.338 e. The van der Waals surface area contributed by atoms with Gasteiger partial charge in [-0.3, -0.25) is 9.55 Å². The van der Waals surface area contributed by atoms with Gasteiger partial charge in [0.15, 0.2) is 11.0 Å². The van der Waals surface area contributed by atoms with Crippen molar-refractivity contribution in [3.63, 3.8) is 0 Å². The minimum absolute atomic E-state index is 0.197. The first-order valence-electron chi connectivity index (χ1n) is 10.6. The van der Waals surface area contributed by atoms with Crippen molar-refractivity contribution < 1.29 is 23.5 Å². The third kappa shape index (κ3) is 5.13. The third-order valence-electron chi connectivity index (χ3n) is 5.00. The molecule has 11 nitrogen and oxygen atoms in total. The highest BCUT2D eigenvalue weighted by atomic mass is 32.2. The predicted octanol–water partition coefficient (Wildman–Crippen LogP) is 2.54. The zero-order valence-corrected chi connectivity index (χ0v) is 19.5. The second kappa shape index (κ2) is 11.0. The molecule has 12 heteroatoms. The lowest BCUT2D eigenvalue weighted by atomic mass is 10.0. The molecule has 0 aliphatic carbocycles. The minimum atomic E-state index is -0.767. The summed E-state index contributed by atoms with van der Waals surface area (Å²) < 4.78 is 17.9. The average Bonchev–Trinajstić information content (AvgIpc) is 3.52. The molecule has 1 aliphatic heterocycles. The number of rotatable bonds is 10. The van der Waals surface area contributed by atoms with Gasteiger partial charge in [-0.2, -0.15) is 0 Å². The zero-order valence-electron chi connectivity index (χ0n) is 18.7. The van der Waals surface area contributed by atoms with Gasteiger partial charge in [-0.25, -0.2) is 9.59 Å². The number of methoxy groups -OCH3 is 1. The molecule has 178 valence electrons. The van der Waals surface area contributed by atoms with E-state index < -0.39 is 18.0 Å². The van der Waals surface area contributed by atoms with Crippen LogP contribution in [-0.4, -0.2) is 57.8 Å². The lowest BCUT2D eigenvalue weighted by Crippen LogP contribution is -2.46. The van der Waals surface area contributed by atoms with Crippen LogP contribution in [0.25, 0.3) is 11.4 Å². The number of amides is 2. The second-order valence-electron chi connectivity index (χ2n) is 7.13. The lowest BCUT2D eigenvalue weighted by molar-refractivity contribution is -0.139. The van der Waals surface area contributed by atoms with Crippen LogP contribution >= 0.6 is 11.8 Å². The number of carbonyl (C=O) groups is 2. The Hall–Kier alpha value is -3.64. The van der Waals surface area contributed by atoms with Crippen molar-refractivity contribution in [2.75, 3.05) is 26.1 Å². The summed E-state index contributed by atoms with van der Waals surface area (Å²) in [5.41, 5.74) is 1.56. The Morgan fingerprint density at radius 3 is 2.79 bits per heavy atom. The SMILES string of the molecule is CCOC(=O)C1=C(CSc2nnc(-c3ccncc3)n2CCOC)NC(=O)NC1c1ccco1. The largest absolute Gasteiger partial charge is 0.467 e. The maximum Gasteiger partial charge on any atom is 0.338 e. The predicted molar refractivity (Wildman–Crippen MR) is 123 cm³/mol. The van der Waals surface area contributed by atoms with E-state index in [1.165, 1.54) is 18.0 Å². The highest BCUT2D eigenvalue weighted by molar-refractivity contribution is 7.99. The fraction of sp³-hybridized carbons (Fsp3) is 0.318. The van der Waals surface area contributed by atoms with Gasteiger partial charge in [-0.15, -0.1) is 10.2 Å². The number of thioether (sulfide) groups is 1. The van der Waals surface area contributed by atoms with E-state index >= 15 is 0 Å². The number of furan rings is 1. The molecule has 3 aromatic heterocycles. The molecule has 1 unspecified atom stereocenters. The van der Waals surface area contributed by atoms with E-state index in [1.54, 1.807) is 38.6 Å². The molecule has 0 aromatic carbocycles. The molecule has 4 heterocycles. The van der Waals surface area contributed by atoms with Crippen molar-refractivity contribution in [1.82, 2.24) is 30.4 Å². The number of urea groups is 1. The summed E-state index contributed by atoms with van der Waals surface area (Å²) in [6.07, 6.45) is 4.86. The van der Waals surface area contributed by atoms with Gasteiger partial charge in [0.2, 0.25) is 0 Å². The van der Waals surface area contributed by atoms with Crippen LogP contribution in [0.15, 0.2) is 63.8 Å². The van der Waals surface area contributed by atoms with Crippen molar-refractivity contribution >= 4 is 23.8 Å². The first kappa shape index (κ1) is 23.5. The first-order valence-corrected chi connectivity index (χ1v) is 11.6. The molecule has 3 aromatic rings. The van der Waals surface area contributed by atoms with Crippen molar-refractivity contribution in [3.8, 4) is 11.4 Å². The third-order valence-corrected chi connectivity index (χ3v) is 5.99. The Kier molecular flexibility index (Phi) is 7.60. The molecule has 2 N–H and O–H groups in total. The van der Waals surface area contributed by atoms with Gasteiger partial charge in [0.1, 0.15) is 11.8 Å². The van der Waals surface area contributed by atoms with Crippen molar-refractivity contribution in [1.29, 1.82) is 0 Å². The van der Waals surface area contributed by atoms with E-state index in [0.717, 1.165) is 5.56 Å². The number of nitrogens with zero attached hydrogens (tertiary/aromatic N) is 4. The molecule has 0 fully saturated rings. The van der Waals surface area contributed by atoms with E-state index in [0.29, 0.717) is 35.6 Å². The summed E-state index contributed by atoms with van der Waals surface area (Å²) >= 11 is 1.34. The molecular formula is C22H24N6O5S. The van der Waals surface area contributed by atoms with Crippen LogP contribution in [0, 0.1) is 0 Å². The number of carbonyl (C=O) groups excluding carboxylic acids is 2. The number of aromatic nitrogens is 4. The summed E-state index contributed by atoms with van der Waals surface area (Å²) in [6, 6.07) is 5.89. The van der Waals surface area contributed by atoms with Crippen molar-refractivity contribution in [2.24, 2.45) is 0 Å². The lowest BCUT2D eigenvalue weighted by Gasteiger charge is -2.27. The van der Waals surface area contributed by atoms with Crippen LogP contribution in [0.1, 0.15) is 18.7 Å². The van der Waals surface area contributed by atoms with Gasteiger partial charge in [0.25, 0.3) is 0 Å². The number of esters is 1. The Morgan fingerprint density at radius 2 is 2.09 bits per heavy atom. The Labute approximate surface area is 199 Å². The van der Waals surface area contributed by atoms with Crippen LogP contribution < -0.4 is 10.6 Å². The van der Waals surface area contributed by atoms with E-state index in [2.05, 4.69) is 25.8 Å². The Morgan fingerprint density at radius 1 is 1.26 bits per heavy atom. The molecule has 0 bridgehead atoms. The van der Waals surface area contributed by atoms with Gasteiger partial charge in [-0.1, -0.05) is 11.8 Å². The van der Waals surface area contributed by atoms with Crippen LogP contribution in [-0.2, 0) is 20.8 Å².